The van der Waals surface area contributed by atoms with E-state index >= 15 is 0 Å². The van der Waals surface area contributed by atoms with E-state index in [-0.39, 0.29) is 0 Å². The van der Waals surface area contributed by atoms with Crippen molar-refractivity contribution in [3.8, 4) is 0 Å². The van der Waals surface area contributed by atoms with Gasteiger partial charge in [-0.2, -0.15) is 0 Å². The third-order valence-electron chi connectivity index (χ3n) is 1.91. The Kier molecular flexibility index (Phi) is 1.47. The SMILES string of the molecule is C1=CC2=CNCOC2CC1. The van der Waals surface area contributed by atoms with Crippen molar-refractivity contribution in [1.82, 2.24) is 5.32 Å². The summed E-state index contributed by atoms with van der Waals surface area (Å²) in [5, 5.41) is 3.05. The van der Waals surface area contributed by atoms with Gasteiger partial charge in [0.15, 0.2) is 0 Å². The molecule has 2 aliphatic rings. The van der Waals surface area contributed by atoms with Gasteiger partial charge in [-0.25, -0.2) is 0 Å². The summed E-state index contributed by atoms with van der Waals surface area (Å²) in [5.74, 6) is 0. The summed E-state index contributed by atoms with van der Waals surface area (Å²) in [4.78, 5) is 0. The number of hydrogen-bond donors (Lipinski definition) is 1. The van der Waals surface area contributed by atoms with E-state index in [1.807, 2.05) is 6.20 Å². The first-order valence-corrected chi connectivity index (χ1v) is 3.68. The van der Waals surface area contributed by atoms with Gasteiger partial charge in [-0.3, -0.25) is 0 Å². The first-order valence-electron chi connectivity index (χ1n) is 3.68. The van der Waals surface area contributed by atoms with Crippen LogP contribution in [-0.2, 0) is 4.74 Å². The Morgan fingerprint density at radius 2 is 2.60 bits per heavy atom. The summed E-state index contributed by atoms with van der Waals surface area (Å²) in [6.45, 7) is 0.669. The molecule has 0 aromatic carbocycles. The van der Waals surface area contributed by atoms with Gasteiger partial charge in [0.1, 0.15) is 6.73 Å². The van der Waals surface area contributed by atoms with Crippen LogP contribution in [0.25, 0.3) is 0 Å². The lowest BCUT2D eigenvalue weighted by Gasteiger charge is -2.25. The Labute approximate surface area is 60.6 Å². The Bertz CT molecular complexity index is 184. The predicted molar refractivity (Wildman–Crippen MR) is 39.3 cm³/mol. The van der Waals surface area contributed by atoms with Crippen molar-refractivity contribution in [1.29, 1.82) is 0 Å². The van der Waals surface area contributed by atoms with Crippen molar-refractivity contribution in [2.45, 2.75) is 18.9 Å². The molecule has 54 valence electrons. The highest BCUT2D eigenvalue weighted by molar-refractivity contribution is 5.26. The minimum absolute atomic E-state index is 0.367. The number of allylic oxidation sites excluding steroid dienone is 1. The van der Waals surface area contributed by atoms with E-state index in [2.05, 4.69) is 17.5 Å². The van der Waals surface area contributed by atoms with Gasteiger partial charge in [-0.15, -0.1) is 0 Å². The minimum Gasteiger partial charge on any atom is -0.368 e. The van der Waals surface area contributed by atoms with Crippen LogP contribution in [0.3, 0.4) is 0 Å². The maximum Gasteiger partial charge on any atom is 0.116 e. The number of ether oxygens (including phenoxy) is 1. The van der Waals surface area contributed by atoms with Gasteiger partial charge in [-0.1, -0.05) is 12.2 Å². The van der Waals surface area contributed by atoms with Gasteiger partial charge >= 0.3 is 0 Å². The Hall–Kier alpha value is -0.760. The smallest absolute Gasteiger partial charge is 0.116 e. The zero-order chi connectivity index (χ0) is 6.81. The van der Waals surface area contributed by atoms with Crippen molar-refractivity contribution in [3.05, 3.63) is 23.9 Å². The average Bonchev–Trinajstić information content (AvgIpc) is 2.05. The van der Waals surface area contributed by atoms with E-state index in [9.17, 15) is 0 Å². The molecule has 0 saturated carbocycles. The number of rotatable bonds is 0. The highest BCUT2D eigenvalue weighted by Crippen LogP contribution is 2.21. The number of nitrogens with one attached hydrogen (secondary N) is 1. The van der Waals surface area contributed by atoms with Crippen LogP contribution in [0, 0.1) is 0 Å². The van der Waals surface area contributed by atoms with E-state index in [1.54, 1.807) is 0 Å². The summed E-state index contributed by atoms with van der Waals surface area (Å²) >= 11 is 0. The maximum atomic E-state index is 5.45. The quantitative estimate of drug-likeness (QED) is 0.541. The van der Waals surface area contributed by atoms with Crippen LogP contribution in [0.5, 0.6) is 0 Å². The van der Waals surface area contributed by atoms with E-state index in [1.165, 1.54) is 5.57 Å². The molecule has 0 radical (unpaired) electrons. The van der Waals surface area contributed by atoms with Crippen LogP contribution < -0.4 is 5.32 Å². The molecule has 1 unspecified atom stereocenters. The van der Waals surface area contributed by atoms with Crippen LogP contribution >= 0.6 is 0 Å². The molecular weight excluding hydrogens is 126 g/mol. The molecule has 1 N–H and O–H groups in total. The fourth-order valence-corrected chi connectivity index (χ4v) is 1.37. The van der Waals surface area contributed by atoms with Crippen LogP contribution in [0.1, 0.15) is 12.8 Å². The molecule has 0 spiro atoms. The van der Waals surface area contributed by atoms with Gasteiger partial charge in [0.05, 0.1) is 6.10 Å². The largest absolute Gasteiger partial charge is 0.368 e. The zero-order valence-corrected chi connectivity index (χ0v) is 5.84. The molecule has 1 aliphatic heterocycles. The fraction of sp³-hybridized carbons (Fsp3) is 0.500. The monoisotopic (exact) mass is 137 g/mol. The predicted octanol–water partition coefficient (Wildman–Crippen LogP) is 1.17. The molecule has 1 atom stereocenters. The lowest BCUT2D eigenvalue weighted by Crippen LogP contribution is -2.29. The summed E-state index contributed by atoms with van der Waals surface area (Å²) in [7, 11) is 0. The van der Waals surface area contributed by atoms with E-state index in [0.717, 1.165) is 12.8 Å². The molecule has 2 heteroatoms. The maximum absolute atomic E-state index is 5.45. The second kappa shape index (κ2) is 2.46. The standard InChI is InChI=1S/C8H11NO/c1-2-4-8-7(3-1)5-9-6-10-8/h1,3,5,8-9H,2,4,6H2. The van der Waals surface area contributed by atoms with Crippen molar-refractivity contribution >= 4 is 0 Å². The van der Waals surface area contributed by atoms with Gasteiger partial charge in [-0.05, 0) is 18.4 Å². The van der Waals surface area contributed by atoms with Gasteiger partial charge in [0.2, 0.25) is 0 Å². The molecule has 1 heterocycles. The molecule has 2 nitrogen and oxygen atoms in total. The lowest BCUT2D eigenvalue weighted by atomic mass is 9.99. The van der Waals surface area contributed by atoms with Crippen molar-refractivity contribution < 1.29 is 4.74 Å². The third kappa shape index (κ3) is 0.948. The minimum atomic E-state index is 0.367. The molecular formula is C8H11NO. The molecule has 0 saturated heterocycles. The summed E-state index contributed by atoms with van der Waals surface area (Å²) in [6, 6.07) is 0. The van der Waals surface area contributed by atoms with Gasteiger partial charge in [0.25, 0.3) is 0 Å². The molecule has 2 rings (SSSR count). The molecule has 0 fully saturated rings. The zero-order valence-electron chi connectivity index (χ0n) is 5.84. The fourth-order valence-electron chi connectivity index (χ4n) is 1.37. The summed E-state index contributed by atoms with van der Waals surface area (Å²) in [6.07, 6.45) is 9.04. The first-order chi connectivity index (χ1) is 4.97. The number of hydrogen-bond acceptors (Lipinski definition) is 2. The van der Waals surface area contributed by atoms with Gasteiger partial charge < -0.3 is 10.1 Å². The topological polar surface area (TPSA) is 21.3 Å². The molecule has 0 aromatic heterocycles. The highest BCUT2D eigenvalue weighted by atomic mass is 16.5. The van der Waals surface area contributed by atoms with E-state index in [4.69, 9.17) is 4.74 Å². The lowest BCUT2D eigenvalue weighted by molar-refractivity contribution is 0.0542. The third-order valence-corrected chi connectivity index (χ3v) is 1.91. The molecule has 1 aliphatic carbocycles. The second-order valence-electron chi connectivity index (χ2n) is 2.63. The average molecular weight is 137 g/mol. The van der Waals surface area contributed by atoms with Crippen LogP contribution in [0.4, 0.5) is 0 Å². The Morgan fingerprint density at radius 1 is 1.60 bits per heavy atom. The van der Waals surface area contributed by atoms with Crippen molar-refractivity contribution in [3.63, 3.8) is 0 Å². The van der Waals surface area contributed by atoms with Crippen LogP contribution in [0.15, 0.2) is 23.9 Å². The van der Waals surface area contributed by atoms with Crippen molar-refractivity contribution in [2.24, 2.45) is 0 Å². The Morgan fingerprint density at radius 3 is 3.50 bits per heavy atom. The molecule has 0 aromatic rings. The number of fused-ring (bicyclic) bond motifs is 1. The second-order valence-corrected chi connectivity index (χ2v) is 2.63. The summed E-state index contributed by atoms with van der Waals surface area (Å²) < 4.78 is 5.45. The molecule has 0 bridgehead atoms. The molecule has 0 amide bonds. The summed E-state index contributed by atoms with van der Waals surface area (Å²) in [5.41, 5.74) is 1.29. The van der Waals surface area contributed by atoms with Crippen LogP contribution in [-0.4, -0.2) is 12.8 Å². The Balaban J connectivity index is 2.21. The van der Waals surface area contributed by atoms with E-state index < -0.39 is 0 Å². The first kappa shape index (κ1) is 5.98. The van der Waals surface area contributed by atoms with Crippen LogP contribution in [0.2, 0.25) is 0 Å². The highest BCUT2D eigenvalue weighted by Gasteiger charge is 2.17. The van der Waals surface area contributed by atoms with Crippen molar-refractivity contribution in [2.75, 3.05) is 6.73 Å². The van der Waals surface area contributed by atoms with Gasteiger partial charge in [0, 0.05) is 6.20 Å². The van der Waals surface area contributed by atoms with E-state index in [0.29, 0.717) is 12.8 Å². The molecule has 10 heavy (non-hydrogen) atoms. The normalized spacial score (nSPS) is 30.4.